The molecule has 0 saturated carbocycles. The second-order valence-electron chi connectivity index (χ2n) is 6.02. The Balaban J connectivity index is 1.88. The molecule has 1 unspecified atom stereocenters. The van der Waals surface area contributed by atoms with Gasteiger partial charge in [-0.05, 0) is 31.0 Å². The first-order valence-electron chi connectivity index (χ1n) is 8.06. The van der Waals surface area contributed by atoms with Crippen molar-refractivity contribution in [3.63, 3.8) is 0 Å². The first-order valence-corrected chi connectivity index (χ1v) is 8.06. The zero-order chi connectivity index (χ0) is 17.1. The topological polar surface area (TPSA) is 70.0 Å². The van der Waals surface area contributed by atoms with Crippen molar-refractivity contribution in [1.29, 1.82) is 0 Å². The number of ether oxygens (including phenoxy) is 1. The average molecular weight is 327 g/mol. The van der Waals surface area contributed by atoms with Crippen LogP contribution in [0, 0.1) is 6.92 Å². The van der Waals surface area contributed by atoms with Crippen LogP contribution in [0.5, 0.6) is 11.5 Å². The van der Waals surface area contributed by atoms with Crippen molar-refractivity contribution in [2.45, 2.75) is 25.9 Å². The Morgan fingerprint density at radius 3 is 2.62 bits per heavy atom. The normalized spacial score (nSPS) is 16.7. The van der Waals surface area contributed by atoms with Crippen LogP contribution in [-0.2, 0) is 11.2 Å². The van der Waals surface area contributed by atoms with Crippen LogP contribution in [-0.4, -0.2) is 35.4 Å². The Bertz CT molecular complexity index is 727. The van der Waals surface area contributed by atoms with Gasteiger partial charge in [0.1, 0.15) is 11.5 Å². The minimum atomic E-state index is -0.638. The molecule has 5 heteroatoms. The largest absolute Gasteiger partial charge is 0.508 e. The average Bonchev–Trinajstić information content (AvgIpc) is 2.57. The van der Waals surface area contributed by atoms with Gasteiger partial charge in [-0.1, -0.05) is 29.8 Å². The van der Waals surface area contributed by atoms with Gasteiger partial charge < -0.3 is 19.8 Å². The molecule has 0 aromatic heterocycles. The molecule has 24 heavy (non-hydrogen) atoms. The number of aliphatic hydroxyl groups is 1. The fraction of sp³-hybridized carbons (Fsp3) is 0.316. The molecule has 0 fully saturated rings. The number of phenolic OH excluding ortho intramolecular Hbond substituents is 1. The number of benzene rings is 2. The Labute approximate surface area is 141 Å². The van der Waals surface area contributed by atoms with Crippen LogP contribution >= 0.6 is 0 Å². The number of carbonyl (C=O) groups excluding carboxylic acids is 1. The van der Waals surface area contributed by atoms with Crippen LogP contribution in [0.4, 0.5) is 5.69 Å². The van der Waals surface area contributed by atoms with Crippen molar-refractivity contribution < 1.29 is 19.7 Å². The van der Waals surface area contributed by atoms with Gasteiger partial charge in [-0.3, -0.25) is 4.79 Å². The number of aromatic hydroxyl groups is 1. The lowest BCUT2D eigenvalue weighted by Crippen LogP contribution is -2.47. The van der Waals surface area contributed by atoms with E-state index in [9.17, 15) is 9.90 Å². The van der Waals surface area contributed by atoms with Crippen molar-refractivity contribution in [1.82, 2.24) is 0 Å². The van der Waals surface area contributed by atoms with Crippen molar-refractivity contribution >= 4 is 11.6 Å². The number of hydrogen-bond acceptors (Lipinski definition) is 4. The summed E-state index contributed by atoms with van der Waals surface area (Å²) in [6, 6.07) is 12.7. The van der Waals surface area contributed by atoms with Crippen LogP contribution in [0.15, 0.2) is 42.5 Å². The lowest BCUT2D eigenvalue weighted by molar-refractivity contribution is -0.126. The molecule has 0 saturated heterocycles. The second-order valence-corrected chi connectivity index (χ2v) is 6.02. The number of aliphatic hydroxyl groups excluding tert-OH is 1. The molecule has 1 amide bonds. The number of nitrogens with zero attached hydrogens (tertiary/aromatic N) is 1. The molecule has 126 valence electrons. The predicted molar refractivity (Wildman–Crippen MR) is 91.5 cm³/mol. The molecule has 1 aliphatic heterocycles. The highest BCUT2D eigenvalue weighted by Crippen LogP contribution is 2.37. The number of rotatable bonds is 5. The van der Waals surface area contributed by atoms with Crippen LogP contribution in [0.1, 0.15) is 17.5 Å². The Kier molecular flexibility index (Phi) is 4.71. The molecule has 5 nitrogen and oxygen atoms in total. The molecule has 0 radical (unpaired) electrons. The molecule has 0 bridgehead atoms. The number of phenols is 1. The summed E-state index contributed by atoms with van der Waals surface area (Å²) < 4.78 is 5.86. The number of anilines is 1. The standard InChI is InChI=1S/C19H21NO4/c1-13-3-5-14(6-4-13)11-18-19(23)20(9-2-10-21)16-8-7-15(22)12-17(16)24-18/h3-8,12,18,21-22H,2,9-11H2,1H3. The van der Waals surface area contributed by atoms with Gasteiger partial charge in [0, 0.05) is 25.6 Å². The maximum atomic E-state index is 12.8. The summed E-state index contributed by atoms with van der Waals surface area (Å²) in [6.07, 6.45) is 0.313. The molecule has 2 aromatic carbocycles. The zero-order valence-electron chi connectivity index (χ0n) is 13.6. The summed E-state index contributed by atoms with van der Waals surface area (Å²) in [5, 5.41) is 18.8. The molecule has 0 aliphatic carbocycles. The van der Waals surface area contributed by atoms with E-state index in [1.807, 2.05) is 31.2 Å². The molecular formula is C19H21NO4. The molecule has 0 spiro atoms. The van der Waals surface area contributed by atoms with E-state index in [2.05, 4.69) is 0 Å². The number of amides is 1. The van der Waals surface area contributed by atoms with Crippen molar-refractivity contribution in [2.24, 2.45) is 0 Å². The Hall–Kier alpha value is -2.53. The van der Waals surface area contributed by atoms with Crippen molar-refractivity contribution in [2.75, 3.05) is 18.1 Å². The first kappa shape index (κ1) is 16.3. The van der Waals surface area contributed by atoms with Gasteiger partial charge in [0.25, 0.3) is 5.91 Å². The molecule has 2 aromatic rings. The van der Waals surface area contributed by atoms with E-state index in [0.717, 1.165) is 11.1 Å². The van der Waals surface area contributed by atoms with Crippen LogP contribution in [0.2, 0.25) is 0 Å². The zero-order valence-corrected chi connectivity index (χ0v) is 13.6. The molecule has 3 rings (SSSR count). The van der Waals surface area contributed by atoms with E-state index < -0.39 is 6.10 Å². The Morgan fingerprint density at radius 1 is 1.17 bits per heavy atom. The molecule has 1 atom stereocenters. The fourth-order valence-electron chi connectivity index (χ4n) is 2.84. The van der Waals surface area contributed by atoms with Crippen molar-refractivity contribution in [3.8, 4) is 11.5 Å². The third-order valence-corrected chi connectivity index (χ3v) is 4.13. The Morgan fingerprint density at radius 2 is 1.92 bits per heavy atom. The SMILES string of the molecule is Cc1ccc(CC2Oc3cc(O)ccc3N(CCCO)C2=O)cc1. The van der Waals surface area contributed by atoms with Crippen LogP contribution < -0.4 is 9.64 Å². The lowest BCUT2D eigenvalue weighted by atomic mass is 10.0. The third kappa shape index (κ3) is 3.36. The van der Waals surface area contributed by atoms with E-state index in [-0.39, 0.29) is 18.3 Å². The lowest BCUT2D eigenvalue weighted by Gasteiger charge is -2.34. The molecule has 1 aliphatic rings. The molecule has 1 heterocycles. The van der Waals surface area contributed by atoms with Gasteiger partial charge in [-0.2, -0.15) is 0 Å². The minimum absolute atomic E-state index is 0.0146. The molecular weight excluding hydrogens is 306 g/mol. The number of fused-ring (bicyclic) bond motifs is 1. The maximum Gasteiger partial charge on any atom is 0.268 e. The quantitative estimate of drug-likeness (QED) is 0.885. The van der Waals surface area contributed by atoms with Gasteiger partial charge in [-0.15, -0.1) is 0 Å². The summed E-state index contributed by atoms with van der Waals surface area (Å²) >= 11 is 0. The van der Waals surface area contributed by atoms with Gasteiger partial charge in [0.05, 0.1) is 5.69 Å². The molecule has 2 N–H and O–H groups in total. The number of hydrogen-bond donors (Lipinski definition) is 2. The summed E-state index contributed by atoms with van der Waals surface area (Å²) in [4.78, 5) is 14.4. The smallest absolute Gasteiger partial charge is 0.268 e. The summed E-state index contributed by atoms with van der Waals surface area (Å²) in [5.74, 6) is 0.464. The fourth-order valence-corrected chi connectivity index (χ4v) is 2.84. The van der Waals surface area contributed by atoms with Gasteiger partial charge in [0.15, 0.2) is 6.10 Å². The number of aryl methyl sites for hydroxylation is 1. The maximum absolute atomic E-state index is 12.8. The highest BCUT2D eigenvalue weighted by atomic mass is 16.5. The third-order valence-electron chi connectivity index (χ3n) is 4.13. The van der Waals surface area contributed by atoms with Crippen molar-refractivity contribution in [3.05, 3.63) is 53.6 Å². The van der Waals surface area contributed by atoms with E-state index in [4.69, 9.17) is 9.84 Å². The highest BCUT2D eigenvalue weighted by molar-refractivity contribution is 6.00. The monoisotopic (exact) mass is 327 g/mol. The van der Waals surface area contributed by atoms with Gasteiger partial charge >= 0.3 is 0 Å². The summed E-state index contributed by atoms with van der Waals surface area (Å²) in [6.45, 7) is 2.45. The van der Waals surface area contributed by atoms with E-state index >= 15 is 0 Å². The van der Waals surface area contributed by atoms with E-state index in [0.29, 0.717) is 30.8 Å². The van der Waals surface area contributed by atoms with Crippen LogP contribution in [0.25, 0.3) is 0 Å². The van der Waals surface area contributed by atoms with E-state index in [1.165, 1.54) is 12.1 Å². The minimum Gasteiger partial charge on any atom is -0.508 e. The van der Waals surface area contributed by atoms with Crippen LogP contribution in [0.3, 0.4) is 0 Å². The summed E-state index contributed by atoms with van der Waals surface area (Å²) in [7, 11) is 0. The number of carbonyl (C=O) groups is 1. The predicted octanol–water partition coefficient (Wildman–Crippen LogP) is 2.42. The first-order chi connectivity index (χ1) is 11.6. The highest BCUT2D eigenvalue weighted by Gasteiger charge is 2.34. The van der Waals surface area contributed by atoms with Gasteiger partial charge in [-0.25, -0.2) is 0 Å². The summed E-state index contributed by atoms with van der Waals surface area (Å²) in [5.41, 5.74) is 2.81. The second kappa shape index (κ2) is 6.93. The van der Waals surface area contributed by atoms with E-state index in [1.54, 1.807) is 11.0 Å². The van der Waals surface area contributed by atoms with Gasteiger partial charge in [0.2, 0.25) is 0 Å².